The maximum absolute atomic E-state index is 9.40. The van der Waals surface area contributed by atoms with Crippen molar-refractivity contribution in [2.75, 3.05) is 6.61 Å². The number of rotatable bonds is 1. The lowest BCUT2D eigenvalue weighted by Gasteiger charge is -2.36. The lowest BCUT2D eigenvalue weighted by Crippen LogP contribution is -2.56. The molecule has 0 saturated carbocycles. The molecule has 18 heavy (non-hydrogen) atoms. The van der Waals surface area contributed by atoms with Gasteiger partial charge in [-0.1, -0.05) is 0 Å². The van der Waals surface area contributed by atoms with Crippen LogP contribution in [0.1, 0.15) is 27.7 Å². The van der Waals surface area contributed by atoms with E-state index in [1.165, 1.54) is 0 Å². The lowest BCUT2D eigenvalue weighted by atomic mass is 9.99. The highest BCUT2D eigenvalue weighted by Gasteiger charge is 2.60. The van der Waals surface area contributed by atoms with E-state index in [4.69, 9.17) is 23.7 Å². The van der Waals surface area contributed by atoms with Crippen molar-refractivity contribution in [2.45, 2.75) is 70.0 Å². The topological polar surface area (TPSA) is 66.4 Å². The summed E-state index contributed by atoms with van der Waals surface area (Å²) in [5.41, 5.74) is 0. The minimum atomic E-state index is -0.708. The fourth-order valence-electron chi connectivity index (χ4n) is 2.84. The third-order valence-corrected chi connectivity index (χ3v) is 3.43. The molecule has 1 N–H and O–H groups in total. The van der Waals surface area contributed by atoms with E-state index in [-0.39, 0.29) is 24.9 Å². The predicted octanol–water partition coefficient (Wildman–Crippen LogP) is 0.375. The molecule has 0 aromatic carbocycles. The van der Waals surface area contributed by atoms with Gasteiger partial charge in [-0.2, -0.15) is 0 Å². The number of hydrogen-bond acceptors (Lipinski definition) is 6. The summed E-state index contributed by atoms with van der Waals surface area (Å²) < 4.78 is 28.9. The smallest absolute Gasteiger partial charge is 0.190 e. The van der Waals surface area contributed by atoms with Crippen molar-refractivity contribution < 1.29 is 28.8 Å². The summed E-state index contributed by atoms with van der Waals surface area (Å²) in [5, 5.41) is 9.40. The van der Waals surface area contributed by atoms with E-state index >= 15 is 0 Å². The van der Waals surface area contributed by atoms with Gasteiger partial charge in [0.1, 0.15) is 24.4 Å². The van der Waals surface area contributed by atoms with Crippen molar-refractivity contribution in [3.8, 4) is 0 Å². The van der Waals surface area contributed by atoms with Gasteiger partial charge in [-0.15, -0.1) is 0 Å². The van der Waals surface area contributed by atoms with Crippen LogP contribution >= 0.6 is 0 Å². The normalized spacial score (nSPS) is 48.8. The fourth-order valence-corrected chi connectivity index (χ4v) is 2.84. The Morgan fingerprint density at radius 1 is 0.833 bits per heavy atom. The minimum absolute atomic E-state index is 0.131. The summed E-state index contributed by atoms with van der Waals surface area (Å²) in [4.78, 5) is 0. The van der Waals surface area contributed by atoms with E-state index in [0.717, 1.165) is 0 Å². The summed E-state index contributed by atoms with van der Waals surface area (Å²) in [6, 6.07) is 0. The first-order chi connectivity index (χ1) is 8.31. The first-order valence-corrected chi connectivity index (χ1v) is 6.29. The average molecular weight is 260 g/mol. The monoisotopic (exact) mass is 260 g/mol. The van der Waals surface area contributed by atoms with Crippen LogP contribution < -0.4 is 0 Å². The first-order valence-electron chi connectivity index (χ1n) is 6.29. The fraction of sp³-hybridized carbons (Fsp3) is 1.00. The number of aliphatic hydroxyl groups is 1. The summed E-state index contributed by atoms with van der Waals surface area (Å²) in [6.45, 7) is 7.22. The zero-order chi connectivity index (χ0) is 13.1. The van der Waals surface area contributed by atoms with Crippen LogP contribution in [-0.2, 0) is 23.7 Å². The van der Waals surface area contributed by atoms with Crippen molar-refractivity contribution in [2.24, 2.45) is 0 Å². The Morgan fingerprint density at radius 3 is 2.06 bits per heavy atom. The third kappa shape index (κ3) is 1.97. The molecular formula is C12H20O6. The van der Waals surface area contributed by atoms with Crippen LogP contribution in [0.15, 0.2) is 0 Å². The van der Waals surface area contributed by atoms with Gasteiger partial charge in [0.05, 0.1) is 6.61 Å². The van der Waals surface area contributed by atoms with Gasteiger partial charge >= 0.3 is 0 Å². The molecule has 0 bridgehead atoms. The highest BCUT2D eigenvalue weighted by Crippen LogP contribution is 2.43. The van der Waals surface area contributed by atoms with Crippen molar-refractivity contribution in [1.82, 2.24) is 0 Å². The molecule has 6 heteroatoms. The van der Waals surface area contributed by atoms with Gasteiger partial charge < -0.3 is 28.8 Å². The Kier molecular flexibility index (Phi) is 2.75. The molecule has 6 nitrogen and oxygen atoms in total. The number of ether oxygens (including phenoxy) is 5. The molecule has 0 aromatic heterocycles. The van der Waals surface area contributed by atoms with Gasteiger partial charge in [0, 0.05) is 0 Å². The number of fused-ring (bicyclic) bond motifs is 3. The maximum Gasteiger partial charge on any atom is 0.190 e. The van der Waals surface area contributed by atoms with Crippen LogP contribution in [-0.4, -0.2) is 54.0 Å². The first kappa shape index (κ1) is 12.8. The second-order valence-corrected chi connectivity index (χ2v) is 5.89. The Labute approximate surface area is 106 Å². The summed E-state index contributed by atoms with van der Waals surface area (Å²) >= 11 is 0. The number of aliphatic hydroxyl groups excluding tert-OH is 1. The van der Waals surface area contributed by atoms with Crippen LogP contribution in [0.25, 0.3) is 0 Å². The largest absolute Gasteiger partial charge is 0.394 e. The molecule has 3 aliphatic heterocycles. The van der Waals surface area contributed by atoms with Gasteiger partial charge in [0.2, 0.25) is 0 Å². The van der Waals surface area contributed by atoms with Crippen LogP contribution in [0.5, 0.6) is 0 Å². The van der Waals surface area contributed by atoms with E-state index in [9.17, 15) is 5.11 Å². The molecule has 0 radical (unpaired) electrons. The maximum atomic E-state index is 9.40. The van der Waals surface area contributed by atoms with Gasteiger partial charge in [0.25, 0.3) is 0 Å². The molecule has 104 valence electrons. The minimum Gasteiger partial charge on any atom is -0.394 e. The average Bonchev–Trinajstić information content (AvgIpc) is 2.71. The molecule has 0 aliphatic carbocycles. The molecule has 3 rings (SSSR count). The van der Waals surface area contributed by atoms with E-state index < -0.39 is 24.0 Å². The van der Waals surface area contributed by atoms with Crippen molar-refractivity contribution in [3.63, 3.8) is 0 Å². The lowest BCUT2D eigenvalue weighted by molar-refractivity contribution is -0.240. The van der Waals surface area contributed by atoms with E-state index in [1.54, 1.807) is 0 Å². The highest BCUT2D eigenvalue weighted by molar-refractivity contribution is 4.99. The standard InChI is InChI=1S/C12H20O6/c1-11(2)15-7-6(5-13)14-10-9(8(7)16-11)17-12(3,4)18-10/h6-10,13H,5H2,1-4H3/t6?,7-,8+,9?,10+/m0/s1. The second-order valence-electron chi connectivity index (χ2n) is 5.89. The second kappa shape index (κ2) is 3.88. The van der Waals surface area contributed by atoms with E-state index in [0.29, 0.717) is 0 Å². The Hall–Kier alpha value is -0.240. The third-order valence-electron chi connectivity index (χ3n) is 3.43. The molecule has 0 aromatic rings. The van der Waals surface area contributed by atoms with Crippen molar-refractivity contribution >= 4 is 0 Å². The van der Waals surface area contributed by atoms with E-state index in [1.807, 2.05) is 27.7 Å². The van der Waals surface area contributed by atoms with Gasteiger partial charge in [-0.25, -0.2) is 0 Å². The van der Waals surface area contributed by atoms with Crippen molar-refractivity contribution in [3.05, 3.63) is 0 Å². The highest BCUT2D eigenvalue weighted by atomic mass is 16.9. The zero-order valence-corrected chi connectivity index (χ0v) is 11.1. The molecule has 0 amide bonds. The van der Waals surface area contributed by atoms with Crippen LogP contribution in [0.2, 0.25) is 0 Å². The SMILES string of the molecule is CC1(C)OC2[C@H](OC(CO)[C@@H]3OC(C)(C)O[C@@H]23)O1. The van der Waals surface area contributed by atoms with Crippen molar-refractivity contribution in [1.29, 1.82) is 0 Å². The summed E-state index contributed by atoms with van der Waals surface area (Å²) in [6.07, 6.45) is -1.90. The van der Waals surface area contributed by atoms with Gasteiger partial charge in [-0.3, -0.25) is 0 Å². The quantitative estimate of drug-likeness (QED) is 0.735. The van der Waals surface area contributed by atoms with E-state index in [2.05, 4.69) is 0 Å². The molecule has 3 fully saturated rings. The molecule has 3 heterocycles. The molecule has 2 unspecified atom stereocenters. The van der Waals surface area contributed by atoms with Gasteiger partial charge in [-0.05, 0) is 27.7 Å². The molecule has 3 saturated heterocycles. The van der Waals surface area contributed by atoms with Crippen LogP contribution in [0.3, 0.4) is 0 Å². The molecule has 0 spiro atoms. The predicted molar refractivity (Wildman–Crippen MR) is 59.6 cm³/mol. The summed E-state index contributed by atoms with van der Waals surface area (Å²) in [5.74, 6) is -1.41. The molecule has 3 aliphatic rings. The summed E-state index contributed by atoms with van der Waals surface area (Å²) in [7, 11) is 0. The zero-order valence-electron chi connectivity index (χ0n) is 11.1. The van der Waals surface area contributed by atoms with Crippen LogP contribution in [0.4, 0.5) is 0 Å². The Balaban J connectivity index is 1.86. The molecular weight excluding hydrogens is 240 g/mol. The molecule has 5 atom stereocenters. The Morgan fingerprint density at radius 2 is 1.39 bits per heavy atom. The number of hydrogen-bond donors (Lipinski definition) is 1. The van der Waals surface area contributed by atoms with Crippen LogP contribution in [0, 0.1) is 0 Å². The Bertz CT molecular complexity index is 341. The van der Waals surface area contributed by atoms with Gasteiger partial charge in [0.15, 0.2) is 17.9 Å².